The molecule has 3 heterocycles. The largest absolute Gasteiger partial charge is 0.369 e. The lowest BCUT2D eigenvalue weighted by atomic mass is 10.6. The van der Waals surface area contributed by atoms with Gasteiger partial charge in [-0.05, 0) is 27.9 Å². The molecule has 0 N–H and O–H groups in total. The molecule has 10 heteroatoms. The number of aromatic nitrogens is 5. The number of rotatable bonds is 3. The second-order valence-corrected chi connectivity index (χ2v) is 5.88. The standard InChI is InChI=1S/C11H10N6O2S2/c1-15-4-6-21-10(15)12-8(18)7-16-11(19)17(14-13-16)9-3-2-5-20-9/h2-6H,7H2,1H3. The predicted octanol–water partition coefficient (Wildman–Crippen LogP) is 0.0180. The third-order valence-electron chi connectivity index (χ3n) is 2.62. The molecular weight excluding hydrogens is 312 g/mol. The van der Waals surface area contributed by atoms with E-state index in [0.717, 1.165) is 9.36 Å². The Morgan fingerprint density at radius 1 is 1.33 bits per heavy atom. The van der Waals surface area contributed by atoms with Crippen molar-refractivity contribution in [2.45, 2.75) is 6.54 Å². The molecule has 1 amide bonds. The number of thiophene rings is 1. The first kappa shape index (κ1) is 13.6. The van der Waals surface area contributed by atoms with Gasteiger partial charge in [0.15, 0.2) is 4.80 Å². The van der Waals surface area contributed by atoms with Crippen LogP contribution in [0.2, 0.25) is 0 Å². The van der Waals surface area contributed by atoms with Crippen molar-refractivity contribution in [3.05, 3.63) is 44.4 Å². The second kappa shape index (κ2) is 5.58. The lowest BCUT2D eigenvalue weighted by Crippen LogP contribution is -2.27. The summed E-state index contributed by atoms with van der Waals surface area (Å²) in [7, 11) is 1.79. The molecule has 0 saturated carbocycles. The van der Waals surface area contributed by atoms with Gasteiger partial charge < -0.3 is 4.57 Å². The molecule has 3 aromatic heterocycles. The SMILES string of the molecule is Cn1ccsc1=NC(=O)Cn1nnn(-c2cccs2)c1=O. The first-order chi connectivity index (χ1) is 10.1. The zero-order chi connectivity index (χ0) is 14.8. The van der Waals surface area contributed by atoms with E-state index in [1.165, 1.54) is 22.7 Å². The summed E-state index contributed by atoms with van der Waals surface area (Å²) in [5, 5.41) is 11.8. The fourth-order valence-corrected chi connectivity index (χ4v) is 3.02. The van der Waals surface area contributed by atoms with Crippen molar-refractivity contribution in [2.24, 2.45) is 12.0 Å². The summed E-state index contributed by atoms with van der Waals surface area (Å²) in [6.45, 7) is -0.234. The molecule has 0 aliphatic carbocycles. The minimum absolute atomic E-state index is 0.234. The van der Waals surface area contributed by atoms with Gasteiger partial charge in [0, 0.05) is 18.6 Å². The molecule has 108 valence electrons. The maximum absolute atomic E-state index is 12.1. The summed E-state index contributed by atoms with van der Waals surface area (Å²) in [5.74, 6) is -0.451. The van der Waals surface area contributed by atoms with E-state index in [1.54, 1.807) is 23.9 Å². The maximum atomic E-state index is 12.1. The van der Waals surface area contributed by atoms with E-state index in [-0.39, 0.29) is 6.54 Å². The Morgan fingerprint density at radius 2 is 2.19 bits per heavy atom. The van der Waals surface area contributed by atoms with E-state index < -0.39 is 11.6 Å². The van der Waals surface area contributed by atoms with Crippen LogP contribution in [0.3, 0.4) is 0 Å². The van der Waals surface area contributed by atoms with Gasteiger partial charge in [-0.3, -0.25) is 4.79 Å². The van der Waals surface area contributed by atoms with Gasteiger partial charge in [-0.1, -0.05) is 0 Å². The van der Waals surface area contributed by atoms with Crippen LogP contribution in [0.1, 0.15) is 0 Å². The fourth-order valence-electron chi connectivity index (χ4n) is 1.61. The highest BCUT2D eigenvalue weighted by Gasteiger charge is 2.12. The molecule has 0 saturated heterocycles. The number of tetrazole rings is 1. The molecule has 3 aromatic rings. The summed E-state index contributed by atoms with van der Waals surface area (Å²) in [4.78, 5) is 28.5. The highest BCUT2D eigenvalue weighted by atomic mass is 32.1. The molecule has 0 aromatic carbocycles. The Morgan fingerprint density at radius 3 is 2.86 bits per heavy atom. The number of aryl methyl sites for hydroxylation is 1. The minimum Gasteiger partial charge on any atom is -0.327 e. The third kappa shape index (κ3) is 2.76. The molecule has 0 bridgehead atoms. The van der Waals surface area contributed by atoms with Gasteiger partial charge in [0.2, 0.25) is 0 Å². The summed E-state index contributed by atoms with van der Waals surface area (Å²) in [5.41, 5.74) is -0.462. The van der Waals surface area contributed by atoms with Gasteiger partial charge in [0.05, 0.1) is 0 Å². The molecule has 0 aliphatic heterocycles. The van der Waals surface area contributed by atoms with Gasteiger partial charge in [0.1, 0.15) is 11.5 Å². The van der Waals surface area contributed by atoms with Gasteiger partial charge in [-0.25, -0.2) is 4.79 Å². The number of amides is 1. The molecule has 0 fully saturated rings. The summed E-state index contributed by atoms with van der Waals surface area (Å²) in [6.07, 6.45) is 1.80. The van der Waals surface area contributed by atoms with E-state index in [4.69, 9.17) is 0 Å². The molecular formula is C11H10N6O2S2. The van der Waals surface area contributed by atoms with Crippen molar-refractivity contribution in [2.75, 3.05) is 0 Å². The average Bonchev–Trinajstić information content (AvgIpc) is 3.15. The van der Waals surface area contributed by atoms with Gasteiger partial charge >= 0.3 is 5.69 Å². The monoisotopic (exact) mass is 322 g/mol. The average molecular weight is 322 g/mol. The zero-order valence-corrected chi connectivity index (χ0v) is 12.5. The molecule has 0 aliphatic rings. The van der Waals surface area contributed by atoms with Gasteiger partial charge in [0.25, 0.3) is 5.91 Å². The molecule has 21 heavy (non-hydrogen) atoms. The number of nitrogens with zero attached hydrogens (tertiary/aromatic N) is 6. The highest BCUT2D eigenvalue weighted by Crippen LogP contribution is 2.10. The lowest BCUT2D eigenvalue weighted by molar-refractivity contribution is -0.118. The van der Waals surface area contributed by atoms with Crippen LogP contribution in [-0.4, -0.2) is 30.3 Å². The van der Waals surface area contributed by atoms with Gasteiger partial charge in [-0.15, -0.1) is 22.7 Å². The lowest BCUT2D eigenvalue weighted by Gasteiger charge is -1.93. The Balaban J connectivity index is 1.85. The molecule has 0 spiro atoms. The molecule has 0 atom stereocenters. The highest BCUT2D eigenvalue weighted by molar-refractivity contribution is 7.12. The van der Waals surface area contributed by atoms with Crippen LogP contribution in [0.15, 0.2) is 38.9 Å². The number of hydrogen-bond donors (Lipinski definition) is 0. The van der Waals surface area contributed by atoms with Crippen LogP contribution in [0.5, 0.6) is 0 Å². The molecule has 0 unspecified atom stereocenters. The topological polar surface area (TPSA) is 87.1 Å². The minimum atomic E-state index is -0.462. The third-order valence-corrected chi connectivity index (χ3v) is 4.31. The normalized spacial score (nSPS) is 12.0. The van der Waals surface area contributed by atoms with E-state index in [1.807, 2.05) is 16.8 Å². The van der Waals surface area contributed by atoms with Crippen LogP contribution < -0.4 is 10.5 Å². The molecule has 3 rings (SSSR count). The molecule has 0 radical (unpaired) electrons. The van der Waals surface area contributed by atoms with Crippen molar-refractivity contribution >= 4 is 28.6 Å². The van der Waals surface area contributed by atoms with Crippen LogP contribution in [-0.2, 0) is 18.4 Å². The van der Waals surface area contributed by atoms with Crippen molar-refractivity contribution in [1.82, 2.24) is 24.4 Å². The van der Waals surface area contributed by atoms with Crippen molar-refractivity contribution in [3.8, 4) is 5.00 Å². The first-order valence-corrected chi connectivity index (χ1v) is 7.65. The predicted molar refractivity (Wildman–Crippen MR) is 77.4 cm³/mol. The fraction of sp³-hybridized carbons (Fsp3) is 0.182. The van der Waals surface area contributed by atoms with Crippen LogP contribution >= 0.6 is 22.7 Å². The smallest absolute Gasteiger partial charge is 0.327 e. The van der Waals surface area contributed by atoms with Crippen LogP contribution in [0, 0.1) is 0 Å². The van der Waals surface area contributed by atoms with Gasteiger partial charge in [-0.2, -0.15) is 14.4 Å². The van der Waals surface area contributed by atoms with E-state index in [9.17, 15) is 9.59 Å². The second-order valence-electron chi connectivity index (χ2n) is 4.08. The van der Waals surface area contributed by atoms with E-state index >= 15 is 0 Å². The van der Waals surface area contributed by atoms with Crippen LogP contribution in [0.4, 0.5) is 0 Å². The zero-order valence-electron chi connectivity index (χ0n) is 10.9. The number of carbonyl (C=O) groups is 1. The number of hydrogen-bond acceptors (Lipinski definition) is 6. The van der Waals surface area contributed by atoms with E-state index in [2.05, 4.69) is 15.4 Å². The summed E-state index contributed by atoms with van der Waals surface area (Å²) < 4.78 is 3.89. The Bertz CT molecular complexity index is 882. The maximum Gasteiger partial charge on any atom is 0.369 e. The number of thiazole rings is 1. The number of carbonyl (C=O) groups excluding carboxylic acids is 1. The quantitative estimate of drug-likeness (QED) is 0.680. The Hall–Kier alpha value is -2.33. The van der Waals surface area contributed by atoms with E-state index in [0.29, 0.717) is 9.80 Å². The molecule has 8 nitrogen and oxygen atoms in total. The first-order valence-electron chi connectivity index (χ1n) is 5.89. The van der Waals surface area contributed by atoms with Crippen LogP contribution in [0.25, 0.3) is 5.00 Å². The Kier molecular flexibility index (Phi) is 3.62. The van der Waals surface area contributed by atoms with Crippen molar-refractivity contribution in [3.63, 3.8) is 0 Å². The Labute approximate surface area is 126 Å². The summed E-state index contributed by atoms with van der Waals surface area (Å²) in [6, 6.07) is 3.56. The van der Waals surface area contributed by atoms with Crippen molar-refractivity contribution in [1.29, 1.82) is 0 Å². The van der Waals surface area contributed by atoms with Crippen molar-refractivity contribution < 1.29 is 4.79 Å². The summed E-state index contributed by atoms with van der Waals surface area (Å²) >= 11 is 2.71.